The Labute approximate surface area is 202 Å². The van der Waals surface area contributed by atoms with Crippen LogP contribution >= 0.6 is 0 Å². The van der Waals surface area contributed by atoms with Crippen LogP contribution in [0, 0.1) is 11.3 Å². The molecular formula is C28H35N3O3. The molecule has 1 aliphatic carbocycles. The van der Waals surface area contributed by atoms with Crippen LogP contribution in [-0.4, -0.2) is 34.8 Å². The third-order valence-electron chi connectivity index (χ3n) is 7.43. The van der Waals surface area contributed by atoms with Crippen LogP contribution < -0.4 is 10.6 Å². The van der Waals surface area contributed by atoms with E-state index >= 15 is 0 Å². The first-order valence-electron chi connectivity index (χ1n) is 12.2. The van der Waals surface area contributed by atoms with E-state index < -0.39 is 11.6 Å². The molecule has 0 bridgehead atoms. The van der Waals surface area contributed by atoms with E-state index in [4.69, 9.17) is 0 Å². The van der Waals surface area contributed by atoms with Gasteiger partial charge in [0, 0.05) is 0 Å². The molecule has 0 radical (unpaired) electrons. The van der Waals surface area contributed by atoms with Gasteiger partial charge < -0.3 is 10.6 Å². The lowest BCUT2D eigenvalue weighted by Crippen LogP contribution is -2.51. The number of amides is 4. The van der Waals surface area contributed by atoms with Gasteiger partial charge in [-0.25, -0.2) is 4.79 Å². The maximum absolute atomic E-state index is 13.3. The van der Waals surface area contributed by atoms with Crippen LogP contribution in [0.5, 0.6) is 0 Å². The fraction of sp³-hybridized carbons (Fsp3) is 0.464. The molecule has 2 N–H and O–H groups in total. The van der Waals surface area contributed by atoms with Gasteiger partial charge in [-0.05, 0) is 54.6 Å². The Kier molecular flexibility index (Phi) is 6.78. The highest BCUT2D eigenvalue weighted by atomic mass is 16.2. The van der Waals surface area contributed by atoms with Crippen LogP contribution in [0.25, 0.3) is 0 Å². The molecule has 2 fully saturated rings. The van der Waals surface area contributed by atoms with E-state index in [2.05, 4.69) is 31.4 Å². The zero-order valence-electron chi connectivity index (χ0n) is 20.3. The van der Waals surface area contributed by atoms with E-state index in [9.17, 15) is 14.4 Å². The summed E-state index contributed by atoms with van der Waals surface area (Å²) in [4.78, 5) is 40.2. The smallest absolute Gasteiger partial charge is 0.325 e. The number of imide groups is 1. The molecule has 0 aromatic heterocycles. The Bertz CT molecular complexity index is 1020. The molecule has 2 aliphatic rings. The summed E-state index contributed by atoms with van der Waals surface area (Å²) in [5.74, 6) is -0.0853. The van der Waals surface area contributed by atoms with Gasteiger partial charge in [-0.3, -0.25) is 14.5 Å². The Morgan fingerprint density at radius 3 is 2.21 bits per heavy atom. The quantitative estimate of drug-likeness (QED) is 0.617. The van der Waals surface area contributed by atoms with Crippen LogP contribution in [-0.2, 0) is 16.0 Å². The maximum Gasteiger partial charge on any atom is 0.325 e. The fourth-order valence-electron chi connectivity index (χ4n) is 5.31. The molecule has 6 nitrogen and oxygen atoms in total. The molecule has 4 rings (SSSR count). The van der Waals surface area contributed by atoms with Crippen molar-refractivity contribution in [1.29, 1.82) is 0 Å². The second-order valence-corrected chi connectivity index (χ2v) is 10.8. The molecule has 2 aromatic rings. The third kappa shape index (κ3) is 5.16. The number of nitrogens with zero attached hydrogens (tertiary/aromatic N) is 1. The number of benzene rings is 2. The lowest BCUT2D eigenvalue weighted by molar-refractivity contribution is -0.136. The fourth-order valence-corrected chi connectivity index (χ4v) is 5.31. The standard InChI is InChI=1S/C28H35N3O3/c1-27(2,3)22-14-16-28(17-15-22)25(33)31(26(34)30-28)19-24(32)29-23(21-12-8-5-9-13-21)18-20-10-6-4-7-11-20/h4-13,22-23H,14-19H2,1-3H3,(H,29,32)(H,30,34). The summed E-state index contributed by atoms with van der Waals surface area (Å²) in [5, 5.41) is 5.98. The van der Waals surface area contributed by atoms with Crippen LogP contribution in [0.15, 0.2) is 60.7 Å². The second-order valence-electron chi connectivity index (χ2n) is 10.8. The van der Waals surface area contributed by atoms with Gasteiger partial charge in [0.05, 0.1) is 6.04 Å². The van der Waals surface area contributed by atoms with E-state index in [1.54, 1.807) is 0 Å². The molecule has 1 aliphatic heterocycles. The normalized spacial score (nSPS) is 23.6. The van der Waals surface area contributed by atoms with E-state index in [0.717, 1.165) is 28.9 Å². The monoisotopic (exact) mass is 461 g/mol. The summed E-state index contributed by atoms with van der Waals surface area (Å²) < 4.78 is 0. The minimum Gasteiger partial charge on any atom is -0.347 e. The van der Waals surface area contributed by atoms with E-state index in [-0.39, 0.29) is 29.8 Å². The van der Waals surface area contributed by atoms with Crippen molar-refractivity contribution in [1.82, 2.24) is 15.5 Å². The predicted molar refractivity (Wildman–Crippen MR) is 132 cm³/mol. The zero-order chi connectivity index (χ0) is 24.3. The van der Waals surface area contributed by atoms with Gasteiger partial charge in [0.25, 0.3) is 5.91 Å². The number of rotatable bonds is 6. The summed E-state index contributed by atoms with van der Waals surface area (Å²) in [6.07, 6.45) is 3.65. The third-order valence-corrected chi connectivity index (χ3v) is 7.43. The van der Waals surface area contributed by atoms with Crippen LogP contribution in [0.3, 0.4) is 0 Å². The largest absolute Gasteiger partial charge is 0.347 e. The lowest BCUT2D eigenvalue weighted by Gasteiger charge is -2.40. The highest BCUT2D eigenvalue weighted by molar-refractivity contribution is 6.09. The summed E-state index contributed by atoms with van der Waals surface area (Å²) in [7, 11) is 0. The minimum atomic E-state index is -0.859. The SMILES string of the molecule is CC(C)(C)C1CCC2(CC1)NC(=O)N(CC(=O)NC(Cc1ccccc1)c1ccccc1)C2=O. The van der Waals surface area contributed by atoms with Crippen molar-refractivity contribution in [2.24, 2.45) is 11.3 Å². The van der Waals surface area contributed by atoms with Gasteiger partial charge in [-0.2, -0.15) is 0 Å². The Morgan fingerprint density at radius 2 is 1.62 bits per heavy atom. The Morgan fingerprint density at radius 1 is 1.03 bits per heavy atom. The van der Waals surface area contributed by atoms with Crippen LogP contribution in [0.4, 0.5) is 4.79 Å². The molecule has 6 heteroatoms. The van der Waals surface area contributed by atoms with E-state index in [0.29, 0.717) is 25.2 Å². The number of urea groups is 1. The lowest BCUT2D eigenvalue weighted by atomic mass is 9.67. The van der Waals surface area contributed by atoms with E-state index in [1.165, 1.54) is 0 Å². The molecule has 1 atom stereocenters. The van der Waals surface area contributed by atoms with Gasteiger partial charge in [0.2, 0.25) is 5.91 Å². The number of hydrogen-bond donors (Lipinski definition) is 2. The van der Waals surface area contributed by atoms with Crippen molar-refractivity contribution in [2.45, 2.75) is 64.5 Å². The molecule has 1 unspecified atom stereocenters. The van der Waals surface area contributed by atoms with Crippen LogP contribution in [0.2, 0.25) is 0 Å². The van der Waals surface area contributed by atoms with Gasteiger partial charge in [-0.1, -0.05) is 81.4 Å². The molecule has 1 saturated heterocycles. The van der Waals surface area contributed by atoms with Gasteiger partial charge in [-0.15, -0.1) is 0 Å². The first kappa shape index (κ1) is 24.0. The highest BCUT2D eigenvalue weighted by Gasteiger charge is 2.53. The summed E-state index contributed by atoms with van der Waals surface area (Å²) in [5.41, 5.74) is 1.40. The van der Waals surface area contributed by atoms with Crippen molar-refractivity contribution < 1.29 is 14.4 Å². The number of carbonyl (C=O) groups excluding carboxylic acids is 3. The Balaban J connectivity index is 1.43. The zero-order valence-corrected chi connectivity index (χ0v) is 20.3. The minimum absolute atomic E-state index is 0.179. The summed E-state index contributed by atoms with van der Waals surface area (Å²) in [6.45, 7) is 6.40. The van der Waals surface area contributed by atoms with Crippen molar-refractivity contribution in [3.8, 4) is 0 Å². The molecule has 34 heavy (non-hydrogen) atoms. The average molecular weight is 462 g/mol. The number of hydrogen-bond acceptors (Lipinski definition) is 3. The average Bonchev–Trinajstić information content (AvgIpc) is 3.03. The maximum atomic E-state index is 13.3. The first-order valence-corrected chi connectivity index (χ1v) is 12.2. The molecular weight excluding hydrogens is 426 g/mol. The Hall–Kier alpha value is -3.15. The second kappa shape index (κ2) is 9.61. The first-order chi connectivity index (χ1) is 16.2. The van der Waals surface area contributed by atoms with Crippen LogP contribution in [0.1, 0.15) is 63.6 Å². The molecule has 180 valence electrons. The molecule has 1 saturated carbocycles. The summed E-state index contributed by atoms with van der Waals surface area (Å²) >= 11 is 0. The van der Waals surface area contributed by atoms with Gasteiger partial charge in [0.15, 0.2) is 0 Å². The summed E-state index contributed by atoms with van der Waals surface area (Å²) in [6, 6.07) is 19.0. The van der Waals surface area contributed by atoms with E-state index in [1.807, 2.05) is 60.7 Å². The topological polar surface area (TPSA) is 78.5 Å². The highest BCUT2D eigenvalue weighted by Crippen LogP contribution is 2.43. The molecule has 4 amide bonds. The van der Waals surface area contributed by atoms with Crippen molar-refractivity contribution in [3.63, 3.8) is 0 Å². The number of nitrogens with one attached hydrogen (secondary N) is 2. The molecule has 1 heterocycles. The van der Waals surface area contributed by atoms with Crippen molar-refractivity contribution in [2.75, 3.05) is 6.54 Å². The van der Waals surface area contributed by atoms with Gasteiger partial charge >= 0.3 is 6.03 Å². The van der Waals surface area contributed by atoms with Crippen molar-refractivity contribution >= 4 is 17.8 Å². The molecule has 1 spiro atoms. The predicted octanol–water partition coefficient (Wildman–Crippen LogP) is 4.61. The van der Waals surface area contributed by atoms with Gasteiger partial charge in [0.1, 0.15) is 12.1 Å². The number of carbonyl (C=O) groups is 3. The van der Waals surface area contributed by atoms with Crippen molar-refractivity contribution in [3.05, 3.63) is 71.8 Å². The molecule has 2 aromatic carbocycles.